The predicted octanol–water partition coefficient (Wildman–Crippen LogP) is 0.846. The highest BCUT2D eigenvalue weighted by Crippen LogP contribution is 2.20. The Balaban J connectivity index is 1.95. The number of rotatable bonds is 5. The molecule has 1 atom stereocenters. The van der Waals surface area contributed by atoms with Gasteiger partial charge in [0.2, 0.25) is 5.91 Å². The van der Waals surface area contributed by atoms with Crippen LogP contribution in [-0.2, 0) is 4.79 Å². The summed E-state index contributed by atoms with van der Waals surface area (Å²) in [5, 5.41) is 3.45. The Bertz CT molecular complexity index is 415. The van der Waals surface area contributed by atoms with E-state index in [2.05, 4.69) is 34.0 Å². The van der Waals surface area contributed by atoms with Crippen molar-refractivity contribution in [1.82, 2.24) is 20.0 Å². The van der Waals surface area contributed by atoms with Crippen molar-refractivity contribution in [3.63, 3.8) is 0 Å². The van der Waals surface area contributed by atoms with E-state index in [4.69, 9.17) is 0 Å². The molecule has 0 radical (unpaired) electrons. The number of likely N-dealkylation sites (tertiary alicyclic amines) is 2. The van der Waals surface area contributed by atoms with E-state index in [1.54, 1.807) is 19.0 Å². The third-order valence-corrected chi connectivity index (χ3v) is 4.65. The number of nitrogens with one attached hydrogen (secondary N) is 1. The third-order valence-electron chi connectivity index (χ3n) is 4.65. The van der Waals surface area contributed by atoms with E-state index in [0.717, 1.165) is 25.6 Å². The van der Waals surface area contributed by atoms with Crippen LogP contribution in [0.3, 0.4) is 0 Å². The first kappa shape index (κ1) is 18.0. The summed E-state index contributed by atoms with van der Waals surface area (Å²) >= 11 is 0. The Morgan fingerprint density at radius 1 is 1.26 bits per heavy atom. The zero-order valence-corrected chi connectivity index (χ0v) is 15.2. The lowest BCUT2D eigenvalue weighted by Crippen LogP contribution is -2.44. The fourth-order valence-electron chi connectivity index (χ4n) is 3.19. The van der Waals surface area contributed by atoms with E-state index in [1.165, 1.54) is 32.4 Å². The van der Waals surface area contributed by atoms with Gasteiger partial charge in [-0.15, -0.1) is 0 Å². The monoisotopic (exact) mass is 323 g/mol. The molecule has 0 spiro atoms. The predicted molar refractivity (Wildman–Crippen MR) is 94.6 cm³/mol. The first-order valence-electron chi connectivity index (χ1n) is 8.95. The molecule has 0 bridgehead atoms. The molecule has 23 heavy (non-hydrogen) atoms. The summed E-state index contributed by atoms with van der Waals surface area (Å²) in [4.78, 5) is 23.0. The van der Waals surface area contributed by atoms with E-state index < -0.39 is 0 Å². The molecule has 2 fully saturated rings. The number of aliphatic imine (C=N–C) groups is 1. The highest BCUT2D eigenvalue weighted by molar-refractivity contribution is 5.85. The van der Waals surface area contributed by atoms with Crippen molar-refractivity contribution >= 4 is 11.9 Å². The van der Waals surface area contributed by atoms with E-state index >= 15 is 0 Å². The Kier molecular flexibility index (Phi) is 6.69. The van der Waals surface area contributed by atoms with E-state index in [1.807, 2.05) is 0 Å². The van der Waals surface area contributed by atoms with E-state index in [9.17, 15) is 4.79 Å². The van der Waals surface area contributed by atoms with Gasteiger partial charge in [-0.2, -0.15) is 0 Å². The van der Waals surface area contributed by atoms with Crippen molar-refractivity contribution in [3.05, 3.63) is 0 Å². The largest absolute Gasteiger partial charge is 0.356 e. The van der Waals surface area contributed by atoms with Crippen LogP contribution in [0.2, 0.25) is 0 Å². The maximum atomic E-state index is 11.8. The fraction of sp³-hybridized carbons (Fsp3) is 0.882. The number of carbonyl (C=O) groups excluding carboxylic acids is 1. The lowest BCUT2D eigenvalue weighted by Gasteiger charge is -2.26. The number of amides is 1. The minimum absolute atomic E-state index is 0.0455. The van der Waals surface area contributed by atoms with Gasteiger partial charge in [-0.3, -0.25) is 9.69 Å². The number of carbonyl (C=O) groups is 1. The highest BCUT2D eigenvalue weighted by atomic mass is 16.2. The average Bonchev–Trinajstić information content (AvgIpc) is 3.17. The zero-order valence-electron chi connectivity index (χ0n) is 15.2. The van der Waals surface area contributed by atoms with Crippen LogP contribution in [0.4, 0.5) is 0 Å². The van der Waals surface area contributed by atoms with Gasteiger partial charge in [0.15, 0.2) is 5.96 Å². The summed E-state index contributed by atoms with van der Waals surface area (Å²) in [6.45, 7) is 10.0. The van der Waals surface area contributed by atoms with Crippen LogP contribution in [0.15, 0.2) is 4.99 Å². The molecule has 0 aromatic rings. The fourth-order valence-corrected chi connectivity index (χ4v) is 3.19. The Hall–Kier alpha value is -1.30. The number of guanidine groups is 1. The number of hydrogen-bond donors (Lipinski definition) is 1. The van der Waals surface area contributed by atoms with E-state index in [-0.39, 0.29) is 12.5 Å². The normalized spacial score (nSPS) is 22.9. The molecule has 2 saturated heterocycles. The molecular formula is C17H33N5O. The topological polar surface area (TPSA) is 51.2 Å². The summed E-state index contributed by atoms with van der Waals surface area (Å²) in [7, 11) is 3.55. The second-order valence-corrected chi connectivity index (χ2v) is 7.33. The summed E-state index contributed by atoms with van der Waals surface area (Å²) in [6, 6.07) is 0.646. The third kappa shape index (κ3) is 5.37. The number of nitrogens with zero attached hydrogens (tertiary/aromatic N) is 4. The summed E-state index contributed by atoms with van der Waals surface area (Å²) < 4.78 is 0. The second-order valence-electron chi connectivity index (χ2n) is 7.33. The van der Waals surface area contributed by atoms with Crippen LogP contribution < -0.4 is 5.32 Å². The highest BCUT2D eigenvalue weighted by Gasteiger charge is 2.30. The number of hydrogen-bond acceptors (Lipinski definition) is 3. The van der Waals surface area contributed by atoms with Gasteiger partial charge in [0, 0.05) is 39.8 Å². The molecule has 2 heterocycles. The second kappa shape index (κ2) is 8.52. The maximum absolute atomic E-state index is 11.8. The zero-order chi connectivity index (χ0) is 16.8. The molecule has 6 nitrogen and oxygen atoms in total. The van der Waals surface area contributed by atoms with Gasteiger partial charge in [0.1, 0.15) is 6.54 Å². The van der Waals surface area contributed by atoms with Crippen molar-refractivity contribution < 1.29 is 4.79 Å². The molecule has 0 aliphatic carbocycles. The van der Waals surface area contributed by atoms with E-state index in [0.29, 0.717) is 12.0 Å². The Labute approximate surface area is 140 Å². The minimum Gasteiger partial charge on any atom is -0.356 e. The average molecular weight is 323 g/mol. The summed E-state index contributed by atoms with van der Waals surface area (Å²) in [5.41, 5.74) is 0. The van der Waals surface area contributed by atoms with Crippen LogP contribution in [0.25, 0.3) is 0 Å². The van der Waals surface area contributed by atoms with Gasteiger partial charge >= 0.3 is 0 Å². The van der Waals surface area contributed by atoms with Crippen molar-refractivity contribution in [2.24, 2.45) is 10.9 Å². The molecule has 2 aliphatic heterocycles. The minimum atomic E-state index is 0.0455. The van der Waals surface area contributed by atoms with Crippen LogP contribution in [0.5, 0.6) is 0 Å². The Morgan fingerprint density at radius 2 is 1.96 bits per heavy atom. The van der Waals surface area contributed by atoms with Gasteiger partial charge in [-0.1, -0.05) is 13.8 Å². The first-order valence-corrected chi connectivity index (χ1v) is 8.95. The lowest BCUT2D eigenvalue weighted by atomic mass is 10.2. The molecule has 6 heteroatoms. The molecule has 0 aromatic carbocycles. The molecule has 1 unspecified atom stereocenters. The van der Waals surface area contributed by atoms with Crippen LogP contribution in [0, 0.1) is 5.92 Å². The number of likely N-dealkylation sites (N-methyl/N-ethyl adjacent to an activating group) is 1. The van der Waals surface area contributed by atoms with Crippen LogP contribution in [0.1, 0.15) is 33.1 Å². The maximum Gasteiger partial charge on any atom is 0.243 e. The molecular weight excluding hydrogens is 290 g/mol. The van der Waals surface area contributed by atoms with Gasteiger partial charge in [0.25, 0.3) is 0 Å². The SMILES string of the molecule is CC(C)CNC(=NCC(=O)N(C)C)N1CCC(N2CCCC2)C1. The summed E-state index contributed by atoms with van der Waals surface area (Å²) in [5.74, 6) is 1.50. The lowest BCUT2D eigenvalue weighted by molar-refractivity contribution is -0.127. The van der Waals surface area contributed by atoms with Gasteiger partial charge in [0.05, 0.1) is 0 Å². The molecule has 1 amide bonds. The smallest absolute Gasteiger partial charge is 0.243 e. The first-order chi connectivity index (χ1) is 11.0. The van der Waals surface area contributed by atoms with Crippen LogP contribution >= 0.6 is 0 Å². The molecule has 2 rings (SSSR count). The van der Waals surface area contributed by atoms with Crippen molar-refractivity contribution in [2.75, 3.05) is 53.4 Å². The van der Waals surface area contributed by atoms with Crippen LogP contribution in [-0.4, -0.2) is 86.0 Å². The molecule has 0 saturated carbocycles. The molecule has 132 valence electrons. The molecule has 2 aliphatic rings. The Morgan fingerprint density at radius 3 is 2.57 bits per heavy atom. The van der Waals surface area contributed by atoms with Gasteiger partial charge in [-0.05, 0) is 38.3 Å². The van der Waals surface area contributed by atoms with Gasteiger partial charge < -0.3 is 15.1 Å². The summed E-state index contributed by atoms with van der Waals surface area (Å²) in [6.07, 6.45) is 3.87. The standard InChI is InChI=1S/C17H33N5O/c1-14(2)11-18-17(19-12-16(23)20(3)4)22-10-7-15(13-22)21-8-5-6-9-21/h14-15H,5-13H2,1-4H3,(H,18,19). The molecule has 1 N–H and O–H groups in total. The van der Waals surface area contributed by atoms with Crippen molar-refractivity contribution in [3.8, 4) is 0 Å². The van der Waals surface area contributed by atoms with Crippen molar-refractivity contribution in [1.29, 1.82) is 0 Å². The van der Waals surface area contributed by atoms with Crippen molar-refractivity contribution in [2.45, 2.75) is 39.2 Å². The van der Waals surface area contributed by atoms with Gasteiger partial charge in [-0.25, -0.2) is 4.99 Å². The molecule has 0 aromatic heterocycles. The quantitative estimate of drug-likeness (QED) is 0.602.